The fourth-order valence-electron chi connectivity index (χ4n) is 1.47. The molecule has 0 aromatic carbocycles. The van der Waals surface area contributed by atoms with Gasteiger partial charge in [-0.05, 0) is 18.9 Å². The topological polar surface area (TPSA) is 0 Å². The maximum absolute atomic E-state index is 2.37. The van der Waals surface area contributed by atoms with Gasteiger partial charge in [-0.2, -0.15) is 0 Å². The molecule has 0 N–H and O–H groups in total. The van der Waals surface area contributed by atoms with Crippen molar-refractivity contribution in [2.24, 2.45) is 0 Å². The van der Waals surface area contributed by atoms with Crippen molar-refractivity contribution in [3.8, 4) is 0 Å². The molecule has 4 heteroatoms. The summed E-state index contributed by atoms with van der Waals surface area (Å²) in [6.07, 6.45) is 11.3. The molecule has 0 bridgehead atoms. The van der Waals surface area contributed by atoms with E-state index in [1.165, 1.54) is 32.1 Å². The third-order valence-electron chi connectivity index (χ3n) is 2.33. The van der Waals surface area contributed by atoms with Crippen LogP contribution in [0.5, 0.6) is 0 Å². The first-order chi connectivity index (χ1) is 7.26. The summed E-state index contributed by atoms with van der Waals surface area (Å²) in [5.41, 5.74) is 0. The number of hydrogen-bond acceptors (Lipinski definition) is 4. The van der Waals surface area contributed by atoms with E-state index in [-0.39, 0.29) is 0 Å². The first-order valence-electron chi connectivity index (χ1n) is 5.65. The van der Waals surface area contributed by atoms with Crippen molar-refractivity contribution < 1.29 is 0 Å². The van der Waals surface area contributed by atoms with E-state index in [0.717, 1.165) is 10.5 Å². The third kappa shape index (κ3) is 9.13. The molecule has 0 nitrogen and oxygen atoms in total. The average molecular weight is 285 g/mol. The Balaban J connectivity index is 3.71. The highest BCUT2D eigenvalue weighted by Crippen LogP contribution is 2.38. The van der Waals surface area contributed by atoms with Crippen LogP contribution in [0.25, 0.3) is 0 Å². The van der Waals surface area contributed by atoms with Gasteiger partial charge in [0, 0.05) is 10.5 Å². The molecule has 0 heterocycles. The number of unbranched alkanes of at least 4 members (excludes halogenated alkanes) is 3. The molecular formula is C11H24S4. The molecule has 0 aliphatic heterocycles. The zero-order chi connectivity index (χ0) is 11.5. The maximum atomic E-state index is 2.37. The molecule has 2 atom stereocenters. The van der Waals surface area contributed by atoms with Crippen molar-refractivity contribution in [3.63, 3.8) is 0 Å². The van der Waals surface area contributed by atoms with Gasteiger partial charge in [0.05, 0.1) is 0 Å². The quantitative estimate of drug-likeness (QED) is 0.370. The van der Waals surface area contributed by atoms with E-state index in [1.807, 2.05) is 32.4 Å². The lowest BCUT2D eigenvalue weighted by molar-refractivity contribution is 0.616. The smallest absolute Gasteiger partial charge is 0.0276 e. The molecule has 0 rings (SSSR count). The van der Waals surface area contributed by atoms with Crippen molar-refractivity contribution in [3.05, 3.63) is 0 Å². The van der Waals surface area contributed by atoms with Crippen molar-refractivity contribution in [2.45, 2.75) is 56.5 Å². The minimum Gasteiger partial charge on any atom is -0.0973 e. The lowest BCUT2D eigenvalue weighted by atomic mass is 10.1. The summed E-state index contributed by atoms with van der Waals surface area (Å²) in [4.78, 5) is 0. The second-order valence-corrected chi connectivity index (χ2v) is 9.17. The summed E-state index contributed by atoms with van der Waals surface area (Å²) in [6, 6.07) is 0. The third-order valence-corrected chi connectivity index (χ3v) is 7.22. The Morgan fingerprint density at radius 1 is 0.933 bits per heavy atom. The monoisotopic (exact) mass is 284 g/mol. The van der Waals surface area contributed by atoms with Crippen LogP contribution in [-0.2, 0) is 0 Å². The predicted octanol–water partition coefficient (Wildman–Crippen LogP) is 5.74. The Hall–Kier alpha value is 1.40. The normalized spacial score (nSPS) is 15.2. The van der Waals surface area contributed by atoms with Gasteiger partial charge in [0.2, 0.25) is 0 Å². The van der Waals surface area contributed by atoms with Crippen LogP contribution in [0.4, 0.5) is 0 Å². The number of hydrogen-bond donors (Lipinski definition) is 0. The molecule has 0 spiro atoms. The Morgan fingerprint density at radius 2 is 1.60 bits per heavy atom. The van der Waals surface area contributed by atoms with Crippen LogP contribution < -0.4 is 0 Å². The van der Waals surface area contributed by atoms with Crippen molar-refractivity contribution in [2.75, 3.05) is 12.5 Å². The summed E-state index contributed by atoms with van der Waals surface area (Å²) in [5, 5.41) is 1.60. The summed E-state index contributed by atoms with van der Waals surface area (Å²) >= 11 is 0. The lowest BCUT2D eigenvalue weighted by Crippen LogP contribution is -2.14. The molecule has 0 aliphatic rings. The van der Waals surface area contributed by atoms with Crippen LogP contribution in [0.3, 0.4) is 0 Å². The van der Waals surface area contributed by atoms with Gasteiger partial charge in [0.25, 0.3) is 0 Å². The Morgan fingerprint density at radius 3 is 2.13 bits per heavy atom. The van der Waals surface area contributed by atoms with E-state index in [0.29, 0.717) is 0 Å². The first kappa shape index (κ1) is 16.4. The van der Waals surface area contributed by atoms with Crippen LogP contribution in [0.2, 0.25) is 0 Å². The summed E-state index contributed by atoms with van der Waals surface area (Å²) < 4.78 is 0. The predicted molar refractivity (Wildman–Crippen MR) is 84.2 cm³/mol. The zero-order valence-corrected chi connectivity index (χ0v) is 13.6. The first-order valence-corrected chi connectivity index (χ1v) is 10.9. The van der Waals surface area contributed by atoms with E-state index in [2.05, 4.69) is 37.2 Å². The van der Waals surface area contributed by atoms with Gasteiger partial charge in [-0.25, -0.2) is 0 Å². The van der Waals surface area contributed by atoms with Gasteiger partial charge in [0.15, 0.2) is 0 Å². The van der Waals surface area contributed by atoms with Crippen LogP contribution in [-0.4, -0.2) is 23.0 Å². The fraction of sp³-hybridized carbons (Fsp3) is 1.00. The molecule has 0 saturated heterocycles. The highest BCUT2D eigenvalue weighted by molar-refractivity contribution is 8.78. The largest absolute Gasteiger partial charge is 0.0973 e. The van der Waals surface area contributed by atoms with E-state index >= 15 is 0 Å². The molecular weight excluding hydrogens is 260 g/mol. The van der Waals surface area contributed by atoms with E-state index in [4.69, 9.17) is 0 Å². The van der Waals surface area contributed by atoms with Gasteiger partial charge in [-0.15, -0.1) is 0 Å². The SMILES string of the molecule is CCCCCCC(SSC)C(C)SSC. The second-order valence-electron chi connectivity index (χ2n) is 3.62. The summed E-state index contributed by atoms with van der Waals surface area (Å²) in [7, 11) is 7.91. The van der Waals surface area contributed by atoms with Crippen molar-refractivity contribution in [1.29, 1.82) is 0 Å². The molecule has 0 aromatic heterocycles. The highest BCUT2D eigenvalue weighted by atomic mass is 33.1. The highest BCUT2D eigenvalue weighted by Gasteiger charge is 2.17. The molecule has 0 aromatic rings. The zero-order valence-electron chi connectivity index (χ0n) is 10.3. The molecule has 15 heavy (non-hydrogen) atoms. The van der Waals surface area contributed by atoms with Gasteiger partial charge in [-0.3, -0.25) is 0 Å². The Bertz CT molecular complexity index is 130. The van der Waals surface area contributed by atoms with Gasteiger partial charge in [-0.1, -0.05) is 82.7 Å². The fourth-order valence-corrected chi connectivity index (χ4v) is 6.30. The van der Waals surface area contributed by atoms with Crippen LogP contribution in [0.15, 0.2) is 0 Å². The van der Waals surface area contributed by atoms with Crippen molar-refractivity contribution in [1.82, 2.24) is 0 Å². The number of rotatable bonds is 10. The minimum atomic E-state index is 0.777. The average Bonchev–Trinajstić information content (AvgIpc) is 2.23. The van der Waals surface area contributed by atoms with Gasteiger partial charge in [0.1, 0.15) is 0 Å². The second kappa shape index (κ2) is 11.9. The molecule has 0 saturated carbocycles. The van der Waals surface area contributed by atoms with Gasteiger partial charge >= 0.3 is 0 Å². The summed E-state index contributed by atoms with van der Waals surface area (Å²) in [6.45, 7) is 4.65. The molecule has 0 radical (unpaired) electrons. The Kier molecular flexibility index (Phi) is 13.0. The van der Waals surface area contributed by atoms with Crippen LogP contribution in [0, 0.1) is 0 Å². The van der Waals surface area contributed by atoms with Gasteiger partial charge < -0.3 is 0 Å². The standard InChI is InChI=1S/C11H24S4/c1-5-6-7-8-9-11(15-13-4)10(2)14-12-3/h10-11H,5-9H2,1-4H3. The lowest BCUT2D eigenvalue weighted by Gasteiger charge is -2.21. The van der Waals surface area contributed by atoms with Crippen LogP contribution in [0.1, 0.15) is 46.0 Å². The van der Waals surface area contributed by atoms with Crippen molar-refractivity contribution >= 4 is 43.2 Å². The molecule has 2 unspecified atom stereocenters. The molecule has 0 aliphatic carbocycles. The minimum absolute atomic E-state index is 0.777. The molecule has 92 valence electrons. The molecule has 0 fully saturated rings. The summed E-state index contributed by atoms with van der Waals surface area (Å²) in [5.74, 6) is 0. The maximum Gasteiger partial charge on any atom is 0.0276 e. The van der Waals surface area contributed by atoms with Crippen LogP contribution >= 0.6 is 43.2 Å². The Labute approximate surface area is 112 Å². The van der Waals surface area contributed by atoms with E-state index in [1.54, 1.807) is 0 Å². The van der Waals surface area contributed by atoms with E-state index in [9.17, 15) is 0 Å². The van der Waals surface area contributed by atoms with E-state index < -0.39 is 0 Å². The molecule has 0 amide bonds.